The monoisotopic (exact) mass is 344 g/mol. The second kappa shape index (κ2) is 6.48. The van der Waals surface area contributed by atoms with Crippen molar-refractivity contribution in [2.75, 3.05) is 10.6 Å². The van der Waals surface area contributed by atoms with E-state index in [1.165, 1.54) is 11.1 Å². The fourth-order valence-corrected chi connectivity index (χ4v) is 2.82. The van der Waals surface area contributed by atoms with Crippen molar-refractivity contribution in [2.45, 2.75) is 20.8 Å². The van der Waals surface area contributed by atoms with E-state index in [-0.39, 0.29) is 0 Å². The minimum Gasteiger partial charge on any atom is -0.352 e. The number of nitrogens with zero attached hydrogens (tertiary/aromatic N) is 3. The molecule has 0 saturated heterocycles. The van der Waals surface area contributed by atoms with Crippen molar-refractivity contribution in [3.05, 3.63) is 65.4 Å². The summed E-state index contributed by atoms with van der Waals surface area (Å²) in [5.74, 6) is 0.659. The van der Waals surface area contributed by atoms with Crippen LogP contribution in [0.15, 0.2) is 48.5 Å². The highest BCUT2D eigenvalue weighted by molar-refractivity contribution is 5.98. The number of hydrogen-bond acceptors (Lipinski definition) is 5. The number of rotatable bonds is 4. The Labute approximate surface area is 151 Å². The van der Waals surface area contributed by atoms with E-state index in [0.29, 0.717) is 11.5 Å². The van der Waals surface area contributed by atoms with Crippen LogP contribution in [0, 0.1) is 20.8 Å². The number of fused-ring (bicyclic) bond motifs is 1. The third-order valence-corrected chi connectivity index (χ3v) is 4.29. The van der Waals surface area contributed by atoms with Gasteiger partial charge >= 0.3 is 0 Å². The van der Waals surface area contributed by atoms with Crippen LogP contribution in [0.5, 0.6) is 0 Å². The molecule has 2 aromatic carbocycles. The molecule has 0 fully saturated rings. The van der Waals surface area contributed by atoms with Gasteiger partial charge < -0.3 is 10.6 Å². The summed E-state index contributed by atoms with van der Waals surface area (Å²) in [5.41, 5.74) is 6.75. The number of benzene rings is 2. The van der Waals surface area contributed by atoms with Gasteiger partial charge in [0.2, 0.25) is 5.65 Å². The first-order valence-electron chi connectivity index (χ1n) is 8.49. The van der Waals surface area contributed by atoms with E-state index in [9.17, 15) is 0 Å². The second-order valence-electron chi connectivity index (χ2n) is 6.45. The van der Waals surface area contributed by atoms with Crippen molar-refractivity contribution in [3.63, 3.8) is 0 Å². The normalized spacial score (nSPS) is 10.9. The van der Waals surface area contributed by atoms with Crippen LogP contribution >= 0.6 is 0 Å². The van der Waals surface area contributed by atoms with Gasteiger partial charge in [-0.15, -0.1) is 10.2 Å². The Hall–Kier alpha value is -3.41. The maximum Gasteiger partial charge on any atom is 0.205 e. The molecule has 6 nitrogen and oxygen atoms in total. The summed E-state index contributed by atoms with van der Waals surface area (Å²) in [6, 6.07) is 16.4. The summed E-state index contributed by atoms with van der Waals surface area (Å²) >= 11 is 0. The van der Waals surface area contributed by atoms with Gasteiger partial charge in [0, 0.05) is 17.1 Å². The molecule has 4 rings (SSSR count). The van der Waals surface area contributed by atoms with Crippen molar-refractivity contribution < 1.29 is 0 Å². The van der Waals surface area contributed by atoms with Crippen molar-refractivity contribution in [1.29, 1.82) is 0 Å². The summed E-state index contributed by atoms with van der Waals surface area (Å²) < 4.78 is 0. The van der Waals surface area contributed by atoms with E-state index >= 15 is 0 Å². The Kier molecular flexibility index (Phi) is 4.01. The molecule has 130 valence electrons. The van der Waals surface area contributed by atoms with Gasteiger partial charge in [0.25, 0.3) is 0 Å². The van der Waals surface area contributed by atoms with Crippen molar-refractivity contribution >= 4 is 33.9 Å². The first kappa shape index (κ1) is 16.1. The van der Waals surface area contributed by atoms with Gasteiger partial charge in [0.1, 0.15) is 0 Å². The molecule has 0 aliphatic rings. The predicted molar refractivity (Wildman–Crippen MR) is 105 cm³/mol. The summed E-state index contributed by atoms with van der Waals surface area (Å²) in [4.78, 5) is 0. The number of H-pyrrole nitrogens is 1. The van der Waals surface area contributed by atoms with E-state index in [4.69, 9.17) is 0 Å². The smallest absolute Gasteiger partial charge is 0.205 e. The van der Waals surface area contributed by atoms with Crippen LogP contribution in [0.4, 0.5) is 22.9 Å². The molecule has 0 saturated carbocycles. The third-order valence-electron chi connectivity index (χ3n) is 4.29. The first-order valence-corrected chi connectivity index (χ1v) is 8.49. The Morgan fingerprint density at radius 1 is 0.731 bits per heavy atom. The number of aromatic amines is 1. The van der Waals surface area contributed by atoms with Gasteiger partial charge in [-0.3, -0.25) is 5.10 Å². The maximum atomic E-state index is 4.35. The first-order chi connectivity index (χ1) is 12.6. The molecule has 0 spiro atoms. The zero-order valence-corrected chi connectivity index (χ0v) is 15.0. The minimum atomic E-state index is 0.589. The Bertz CT molecular complexity index is 1050. The Morgan fingerprint density at radius 3 is 1.92 bits per heavy atom. The van der Waals surface area contributed by atoms with Gasteiger partial charge in [0.15, 0.2) is 5.82 Å². The van der Waals surface area contributed by atoms with Crippen LogP contribution in [-0.2, 0) is 0 Å². The molecule has 0 atom stereocenters. The highest BCUT2D eigenvalue weighted by Crippen LogP contribution is 2.33. The summed E-state index contributed by atoms with van der Waals surface area (Å²) in [6.07, 6.45) is 0. The number of aromatic nitrogens is 4. The molecule has 0 bridgehead atoms. The largest absolute Gasteiger partial charge is 0.352 e. The molecule has 2 aromatic heterocycles. The molecule has 0 radical (unpaired) electrons. The molecule has 0 amide bonds. The number of aryl methyl sites for hydroxylation is 3. The molecular weight excluding hydrogens is 324 g/mol. The van der Waals surface area contributed by atoms with E-state index in [1.54, 1.807) is 0 Å². The Balaban J connectivity index is 1.79. The fourth-order valence-electron chi connectivity index (χ4n) is 2.82. The van der Waals surface area contributed by atoms with Crippen LogP contribution < -0.4 is 10.6 Å². The van der Waals surface area contributed by atoms with Gasteiger partial charge in [-0.2, -0.15) is 5.10 Å². The lowest BCUT2D eigenvalue weighted by Gasteiger charge is -2.14. The summed E-state index contributed by atoms with van der Waals surface area (Å²) in [7, 11) is 0. The van der Waals surface area contributed by atoms with E-state index in [1.807, 2.05) is 31.2 Å². The van der Waals surface area contributed by atoms with E-state index in [2.05, 4.69) is 69.1 Å². The Morgan fingerprint density at radius 2 is 1.31 bits per heavy atom. The zero-order valence-electron chi connectivity index (χ0n) is 15.0. The predicted octanol–water partition coefficient (Wildman–Crippen LogP) is 4.77. The van der Waals surface area contributed by atoms with Crippen LogP contribution in [0.2, 0.25) is 0 Å². The van der Waals surface area contributed by atoms with Crippen molar-refractivity contribution in [1.82, 2.24) is 20.4 Å². The van der Waals surface area contributed by atoms with Crippen LogP contribution in [0.25, 0.3) is 11.0 Å². The SMILES string of the molecule is Cc1ccc(Nc2nnc3n[nH]c(C)c3c2Nc2ccc(C)cc2)cc1. The summed E-state index contributed by atoms with van der Waals surface area (Å²) in [5, 5.41) is 23.6. The molecule has 2 heterocycles. The number of hydrogen-bond donors (Lipinski definition) is 3. The molecule has 3 N–H and O–H groups in total. The minimum absolute atomic E-state index is 0.589. The van der Waals surface area contributed by atoms with Gasteiger partial charge in [-0.1, -0.05) is 35.4 Å². The standard InChI is InChI=1S/C20H20N6/c1-12-4-8-15(9-5-12)21-18-17-14(3)23-24-19(17)25-26-20(18)22-16-10-6-13(2)7-11-16/h4-11H,1-3H3,(H,22,26)(H2,21,23,24,25). The molecule has 0 aliphatic carbocycles. The van der Waals surface area contributed by atoms with Crippen molar-refractivity contribution in [2.24, 2.45) is 0 Å². The van der Waals surface area contributed by atoms with Gasteiger partial charge in [0.05, 0.1) is 11.1 Å². The average molecular weight is 344 g/mol. The fraction of sp³-hybridized carbons (Fsp3) is 0.150. The third kappa shape index (κ3) is 3.09. The lowest BCUT2D eigenvalue weighted by atomic mass is 10.2. The molecular formula is C20H20N6. The lowest BCUT2D eigenvalue weighted by molar-refractivity contribution is 1.01. The highest BCUT2D eigenvalue weighted by atomic mass is 15.3. The quantitative estimate of drug-likeness (QED) is 0.497. The molecule has 26 heavy (non-hydrogen) atoms. The van der Waals surface area contributed by atoms with E-state index < -0.39 is 0 Å². The van der Waals surface area contributed by atoms with Crippen LogP contribution in [0.1, 0.15) is 16.8 Å². The van der Waals surface area contributed by atoms with E-state index in [0.717, 1.165) is 28.1 Å². The van der Waals surface area contributed by atoms with Gasteiger partial charge in [-0.25, -0.2) is 0 Å². The lowest BCUT2D eigenvalue weighted by Crippen LogP contribution is -2.03. The molecule has 0 unspecified atom stereocenters. The average Bonchev–Trinajstić information content (AvgIpc) is 3.02. The number of nitrogens with one attached hydrogen (secondary N) is 3. The van der Waals surface area contributed by atoms with Crippen molar-refractivity contribution in [3.8, 4) is 0 Å². The molecule has 0 aliphatic heterocycles. The molecule has 6 heteroatoms. The second-order valence-corrected chi connectivity index (χ2v) is 6.45. The molecule has 4 aromatic rings. The zero-order chi connectivity index (χ0) is 18.1. The highest BCUT2D eigenvalue weighted by Gasteiger charge is 2.16. The van der Waals surface area contributed by atoms with Gasteiger partial charge in [-0.05, 0) is 45.0 Å². The number of anilines is 4. The maximum absolute atomic E-state index is 4.35. The summed E-state index contributed by atoms with van der Waals surface area (Å²) in [6.45, 7) is 6.11. The van der Waals surface area contributed by atoms with Crippen LogP contribution in [0.3, 0.4) is 0 Å². The topological polar surface area (TPSA) is 78.5 Å². The van der Waals surface area contributed by atoms with Crippen LogP contribution in [-0.4, -0.2) is 20.4 Å².